The number of hydrogen-bond acceptors (Lipinski definition) is 3. The topological polar surface area (TPSA) is 66.5 Å². The summed E-state index contributed by atoms with van der Waals surface area (Å²) in [5.41, 5.74) is -0.0548. The number of nitrogens with one attached hydrogen (secondary N) is 1. The van der Waals surface area contributed by atoms with Crippen LogP contribution < -0.4 is 5.32 Å². The molecule has 1 radical (unpaired) electrons. The van der Waals surface area contributed by atoms with E-state index in [1.165, 1.54) is 28.6 Å². The molecule has 0 bridgehead atoms. The third-order valence-corrected chi connectivity index (χ3v) is 6.39. The number of carbonyl (C=O) groups is 1. The van der Waals surface area contributed by atoms with E-state index in [0.717, 1.165) is 12.1 Å². The van der Waals surface area contributed by atoms with E-state index < -0.39 is 27.6 Å². The number of anilines is 1. The van der Waals surface area contributed by atoms with Crippen LogP contribution in [-0.4, -0.2) is 31.7 Å². The first-order valence-electron chi connectivity index (χ1n) is 8.17. The van der Waals surface area contributed by atoms with Crippen LogP contribution in [0.25, 0.3) is 0 Å². The van der Waals surface area contributed by atoms with Gasteiger partial charge in [0.25, 0.3) is 5.91 Å². The minimum absolute atomic E-state index is 0.0230. The minimum atomic E-state index is -3.75. The summed E-state index contributed by atoms with van der Waals surface area (Å²) in [5.74, 6) is -2.88. The second kappa shape index (κ2) is 7.92. The molecule has 0 atom stereocenters. The fraction of sp³-hybridized carbons (Fsp3) is 0.222. The number of carbonyl (C=O) groups excluding carboxylic acids is 1. The van der Waals surface area contributed by atoms with E-state index in [0.29, 0.717) is 25.9 Å². The lowest BCUT2D eigenvalue weighted by molar-refractivity contribution is 0.102. The van der Waals surface area contributed by atoms with Gasteiger partial charge in [-0.25, -0.2) is 17.2 Å². The van der Waals surface area contributed by atoms with Crippen LogP contribution in [0.2, 0.25) is 5.02 Å². The van der Waals surface area contributed by atoms with Crippen LogP contribution in [0.15, 0.2) is 41.3 Å². The maximum absolute atomic E-state index is 13.3. The summed E-state index contributed by atoms with van der Waals surface area (Å²) in [6.45, 7) is 0.753. The largest absolute Gasteiger partial charge is 0.322 e. The van der Waals surface area contributed by atoms with Crippen molar-refractivity contribution in [1.29, 1.82) is 0 Å². The zero-order valence-corrected chi connectivity index (χ0v) is 15.7. The zero-order valence-electron chi connectivity index (χ0n) is 14.1. The highest BCUT2D eigenvalue weighted by atomic mass is 35.5. The summed E-state index contributed by atoms with van der Waals surface area (Å²) in [4.78, 5) is 12.4. The van der Waals surface area contributed by atoms with Gasteiger partial charge in [0.2, 0.25) is 10.0 Å². The molecule has 1 aliphatic rings. The molecule has 143 valence electrons. The van der Waals surface area contributed by atoms with Gasteiger partial charge in [-0.05, 0) is 49.6 Å². The summed E-state index contributed by atoms with van der Waals surface area (Å²) in [7, 11) is -3.75. The van der Waals surface area contributed by atoms with E-state index in [1.807, 2.05) is 6.42 Å². The summed E-state index contributed by atoms with van der Waals surface area (Å²) >= 11 is 6.04. The normalized spacial score (nSPS) is 15.5. The number of halogens is 3. The second-order valence-corrected chi connectivity index (χ2v) is 8.34. The summed E-state index contributed by atoms with van der Waals surface area (Å²) in [5, 5.41) is 2.42. The molecule has 0 aliphatic carbocycles. The molecule has 1 amide bonds. The average molecular weight is 414 g/mol. The molecule has 1 aliphatic heterocycles. The van der Waals surface area contributed by atoms with Gasteiger partial charge in [-0.15, -0.1) is 0 Å². The van der Waals surface area contributed by atoms with Crippen molar-refractivity contribution < 1.29 is 22.0 Å². The van der Waals surface area contributed by atoms with Crippen LogP contribution >= 0.6 is 11.6 Å². The molecule has 5 nitrogen and oxygen atoms in total. The smallest absolute Gasteiger partial charge is 0.257 e. The van der Waals surface area contributed by atoms with E-state index in [2.05, 4.69) is 5.32 Å². The predicted molar refractivity (Wildman–Crippen MR) is 98.1 cm³/mol. The van der Waals surface area contributed by atoms with Crippen molar-refractivity contribution >= 4 is 33.2 Å². The number of amides is 1. The fourth-order valence-electron chi connectivity index (χ4n) is 2.73. The fourth-order valence-corrected chi connectivity index (χ4v) is 4.43. The number of piperidine rings is 1. The van der Waals surface area contributed by atoms with Crippen molar-refractivity contribution in [1.82, 2.24) is 4.31 Å². The monoisotopic (exact) mass is 413 g/mol. The number of hydrogen-bond donors (Lipinski definition) is 1. The molecule has 1 N–H and O–H groups in total. The maximum Gasteiger partial charge on any atom is 0.257 e. The standard InChI is InChI=1S/C18H16ClF2N2O3S/c19-15-6-5-13(27(25,26)23-8-2-1-3-9-23)11-14(15)18(24)22-12-4-7-16(20)17(21)10-12/h1,4-7,10-11H,2-3,8-9H2,(H,22,24). The van der Waals surface area contributed by atoms with Gasteiger partial charge in [-0.3, -0.25) is 4.79 Å². The SMILES string of the molecule is O=C(Nc1ccc(F)c(F)c1)c1cc(S(=O)(=O)N2CC[CH]CC2)ccc1Cl. The minimum Gasteiger partial charge on any atom is -0.322 e. The molecular formula is C18H16ClF2N2O3S. The third kappa shape index (κ3) is 4.28. The molecular weight excluding hydrogens is 398 g/mol. The van der Waals surface area contributed by atoms with Crippen molar-refractivity contribution in [3.05, 3.63) is 65.0 Å². The summed E-state index contributed by atoms with van der Waals surface area (Å²) < 4.78 is 53.2. The highest BCUT2D eigenvalue weighted by molar-refractivity contribution is 7.89. The molecule has 0 spiro atoms. The highest BCUT2D eigenvalue weighted by Gasteiger charge is 2.27. The Hall–Kier alpha value is -2.03. The first-order valence-corrected chi connectivity index (χ1v) is 9.98. The Labute approximate surface area is 161 Å². The van der Waals surface area contributed by atoms with Crippen LogP contribution in [0, 0.1) is 18.1 Å². The van der Waals surface area contributed by atoms with E-state index >= 15 is 0 Å². The van der Waals surface area contributed by atoms with Gasteiger partial charge in [0.1, 0.15) is 0 Å². The molecule has 1 saturated heterocycles. The van der Waals surface area contributed by atoms with Crippen molar-refractivity contribution in [3.8, 4) is 0 Å². The van der Waals surface area contributed by atoms with Gasteiger partial charge in [-0.2, -0.15) is 4.31 Å². The van der Waals surface area contributed by atoms with Crippen LogP contribution in [0.5, 0.6) is 0 Å². The molecule has 1 heterocycles. The van der Waals surface area contributed by atoms with Gasteiger partial charge in [0.15, 0.2) is 11.6 Å². The molecule has 27 heavy (non-hydrogen) atoms. The van der Waals surface area contributed by atoms with Gasteiger partial charge < -0.3 is 5.32 Å². The number of sulfonamides is 1. The van der Waals surface area contributed by atoms with Gasteiger partial charge in [-0.1, -0.05) is 11.6 Å². The molecule has 2 aromatic rings. The Kier molecular flexibility index (Phi) is 5.78. The first kappa shape index (κ1) is 19.7. The molecule has 0 saturated carbocycles. The second-order valence-electron chi connectivity index (χ2n) is 5.99. The third-order valence-electron chi connectivity index (χ3n) is 4.16. The maximum atomic E-state index is 13.3. The van der Waals surface area contributed by atoms with Crippen molar-refractivity contribution in [2.45, 2.75) is 17.7 Å². The van der Waals surface area contributed by atoms with Crippen molar-refractivity contribution in [2.75, 3.05) is 18.4 Å². The highest BCUT2D eigenvalue weighted by Crippen LogP contribution is 2.26. The number of rotatable bonds is 4. The molecule has 1 fully saturated rings. The Morgan fingerprint density at radius 3 is 2.41 bits per heavy atom. The quantitative estimate of drug-likeness (QED) is 0.827. The van der Waals surface area contributed by atoms with E-state index in [4.69, 9.17) is 11.6 Å². The van der Waals surface area contributed by atoms with Gasteiger partial charge >= 0.3 is 0 Å². The molecule has 9 heteroatoms. The summed E-state index contributed by atoms with van der Waals surface area (Å²) in [6.07, 6.45) is 3.35. The predicted octanol–water partition coefficient (Wildman–Crippen LogP) is 3.86. The average Bonchev–Trinajstić information content (AvgIpc) is 2.65. The Morgan fingerprint density at radius 1 is 1.04 bits per heavy atom. The lowest BCUT2D eigenvalue weighted by atomic mass is 10.2. The first-order chi connectivity index (χ1) is 12.8. The Bertz CT molecular complexity index is 977. The molecule has 0 aromatic heterocycles. The van der Waals surface area contributed by atoms with Crippen molar-refractivity contribution in [2.24, 2.45) is 0 Å². The van der Waals surface area contributed by atoms with Crippen LogP contribution in [0.1, 0.15) is 23.2 Å². The Morgan fingerprint density at radius 2 is 1.74 bits per heavy atom. The number of benzene rings is 2. The molecule has 3 rings (SSSR count). The molecule has 0 unspecified atom stereocenters. The lowest BCUT2D eigenvalue weighted by Crippen LogP contribution is -2.35. The van der Waals surface area contributed by atoms with Crippen LogP contribution in [0.3, 0.4) is 0 Å². The van der Waals surface area contributed by atoms with Crippen LogP contribution in [0.4, 0.5) is 14.5 Å². The van der Waals surface area contributed by atoms with Gasteiger partial charge in [0.05, 0.1) is 15.5 Å². The van der Waals surface area contributed by atoms with Crippen LogP contribution in [-0.2, 0) is 10.0 Å². The lowest BCUT2D eigenvalue weighted by Gasteiger charge is -2.26. The zero-order chi connectivity index (χ0) is 19.6. The summed E-state index contributed by atoms with van der Waals surface area (Å²) in [6, 6.07) is 6.74. The van der Waals surface area contributed by atoms with E-state index in [1.54, 1.807) is 0 Å². The molecule has 2 aromatic carbocycles. The van der Waals surface area contributed by atoms with Gasteiger partial charge in [0, 0.05) is 24.8 Å². The number of nitrogens with zero attached hydrogens (tertiary/aromatic N) is 1. The van der Waals surface area contributed by atoms with E-state index in [-0.39, 0.29) is 21.2 Å². The Balaban J connectivity index is 1.88. The van der Waals surface area contributed by atoms with E-state index in [9.17, 15) is 22.0 Å². The van der Waals surface area contributed by atoms with Crippen molar-refractivity contribution in [3.63, 3.8) is 0 Å².